The predicted octanol–water partition coefficient (Wildman–Crippen LogP) is 4.58. The lowest BCUT2D eigenvalue weighted by atomic mass is 10.2. The van der Waals surface area contributed by atoms with Gasteiger partial charge in [-0.2, -0.15) is 0 Å². The van der Waals surface area contributed by atoms with Crippen LogP contribution in [0, 0.1) is 11.8 Å². The maximum Gasteiger partial charge on any atom is 0.0627 e. The molecule has 0 spiro atoms. The highest BCUT2D eigenvalue weighted by Crippen LogP contribution is 2.19. The molecule has 0 heterocycles. The Morgan fingerprint density at radius 1 is 0.600 bits per heavy atom. The maximum absolute atomic E-state index is 4.47. The standard InChI is InChI=1S/C18H16N2/c1-2-6-15(5-1)13-19-17-9-11-18(12-10-17)20-14-16-7-3-4-8-16/h1-16H. The van der Waals surface area contributed by atoms with Crippen LogP contribution in [0.2, 0.25) is 0 Å². The van der Waals surface area contributed by atoms with Crippen molar-refractivity contribution in [2.75, 3.05) is 0 Å². The molecular weight excluding hydrogens is 244 g/mol. The summed E-state index contributed by atoms with van der Waals surface area (Å²) in [4.78, 5) is 8.93. The fourth-order valence-electron chi connectivity index (χ4n) is 2.07. The zero-order chi connectivity index (χ0) is 13.6. The van der Waals surface area contributed by atoms with E-state index in [0.717, 1.165) is 11.4 Å². The topological polar surface area (TPSA) is 24.7 Å². The fourth-order valence-corrected chi connectivity index (χ4v) is 2.07. The lowest BCUT2D eigenvalue weighted by molar-refractivity contribution is 1.19. The van der Waals surface area contributed by atoms with Crippen LogP contribution < -0.4 is 0 Å². The lowest BCUT2D eigenvalue weighted by Crippen LogP contribution is -1.89. The second-order valence-corrected chi connectivity index (χ2v) is 4.77. The van der Waals surface area contributed by atoms with E-state index in [1.807, 2.05) is 61.0 Å². The first-order chi connectivity index (χ1) is 9.90. The van der Waals surface area contributed by atoms with Crippen LogP contribution in [0.5, 0.6) is 0 Å². The Hall–Kier alpha value is -2.48. The second-order valence-electron chi connectivity index (χ2n) is 4.77. The number of hydrogen-bond acceptors (Lipinski definition) is 2. The molecule has 0 bridgehead atoms. The molecule has 20 heavy (non-hydrogen) atoms. The van der Waals surface area contributed by atoms with E-state index >= 15 is 0 Å². The van der Waals surface area contributed by atoms with E-state index in [1.54, 1.807) is 0 Å². The highest BCUT2D eigenvalue weighted by atomic mass is 14.7. The van der Waals surface area contributed by atoms with Crippen molar-refractivity contribution in [1.29, 1.82) is 0 Å². The minimum Gasteiger partial charge on any atom is -0.260 e. The van der Waals surface area contributed by atoms with E-state index in [2.05, 4.69) is 34.3 Å². The molecule has 1 aromatic carbocycles. The van der Waals surface area contributed by atoms with Gasteiger partial charge < -0.3 is 0 Å². The van der Waals surface area contributed by atoms with Gasteiger partial charge in [-0.25, -0.2) is 0 Å². The van der Waals surface area contributed by atoms with Crippen LogP contribution in [-0.4, -0.2) is 12.4 Å². The van der Waals surface area contributed by atoms with E-state index in [0.29, 0.717) is 11.8 Å². The highest BCUT2D eigenvalue weighted by molar-refractivity contribution is 5.73. The van der Waals surface area contributed by atoms with Crippen molar-refractivity contribution in [2.24, 2.45) is 21.8 Å². The molecule has 0 amide bonds. The lowest BCUT2D eigenvalue weighted by Gasteiger charge is -1.99. The summed E-state index contributed by atoms with van der Waals surface area (Å²) in [7, 11) is 0. The summed E-state index contributed by atoms with van der Waals surface area (Å²) < 4.78 is 0. The van der Waals surface area contributed by atoms with Crippen LogP contribution in [-0.2, 0) is 0 Å². The summed E-state index contributed by atoms with van der Waals surface area (Å²) in [6, 6.07) is 7.97. The summed E-state index contributed by atoms with van der Waals surface area (Å²) in [6.07, 6.45) is 20.5. The van der Waals surface area contributed by atoms with E-state index < -0.39 is 0 Å². The molecule has 98 valence electrons. The SMILES string of the molecule is C1=CC(C=Nc2ccc(N=CC3C=CC=C3)cc2)C=C1. The molecule has 0 atom stereocenters. The van der Waals surface area contributed by atoms with E-state index in [-0.39, 0.29) is 0 Å². The average Bonchev–Trinajstić information content (AvgIpc) is 3.17. The van der Waals surface area contributed by atoms with Crippen LogP contribution >= 0.6 is 0 Å². The molecule has 0 aromatic heterocycles. The fraction of sp³-hybridized carbons (Fsp3) is 0.111. The van der Waals surface area contributed by atoms with Gasteiger partial charge in [0.15, 0.2) is 0 Å². The molecular formula is C18H16N2. The van der Waals surface area contributed by atoms with Crippen LogP contribution in [0.25, 0.3) is 0 Å². The summed E-state index contributed by atoms with van der Waals surface area (Å²) >= 11 is 0. The summed E-state index contributed by atoms with van der Waals surface area (Å²) in [6.45, 7) is 0. The monoisotopic (exact) mass is 260 g/mol. The third kappa shape index (κ3) is 3.29. The van der Waals surface area contributed by atoms with Crippen molar-refractivity contribution >= 4 is 23.8 Å². The number of aliphatic imine (C=N–C) groups is 2. The minimum atomic E-state index is 0.327. The Bertz CT molecular complexity index is 547. The van der Waals surface area contributed by atoms with Crippen molar-refractivity contribution in [3.8, 4) is 0 Å². The smallest absolute Gasteiger partial charge is 0.0627 e. The molecule has 0 saturated carbocycles. The van der Waals surface area contributed by atoms with Gasteiger partial charge in [0, 0.05) is 24.3 Å². The predicted molar refractivity (Wildman–Crippen MR) is 86.3 cm³/mol. The first-order valence-corrected chi connectivity index (χ1v) is 6.78. The van der Waals surface area contributed by atoms with Gasteiger partial charge in [0.05, 0.1) is 11.4 Å². The molecule has 0 saturated heterocycles. The van der Waals surface area contributed by atoms with Crippen molar-refractivity contribution < 1.29 is 0 Å². The Morgan fingerprint density at radius 3 is 1.30 bits per heavy atom. The van der Waals surface area contributed by atoms with Gasteiger partial charge in [0.25, 0.3) is 0 Å². The van der Waals surface area contributed by atoms with Crippen LogP contribution in [0.1, 0.15) is 0 Å². The first-order valence-electron chi connectivity index (χ1n) is 6.78. The van der Waals surface area contributed by atoms with Crippen molar-refractivity contribution in [3.63, 3.8) is 0 Å². The third-order valence-electron chi connectivity index (χ3n) is 3.20. The van der Waals surface area contributed by atoms with Crippen LogP contribution in [0.15, 0.2) is 82.9 Å². The van der Waals surface area contributed by atoms with Gasteiger partial charge in [0.1, 0.15) is 0 Å². The normalized spacial score (nSPS) is 18.4. The zero-order valence-electron chi connectivity index (χ0n) is 11.1. The molecule has 0 aliphatic heterocycles. The van der Waals surface area contributed by atoms with Crippen molar-refractivity contribution in [2.45, 2.75) is 0 Å². The maximum atomic E-state index is 4.47. The second kappa shape index (κ2) is 6.11. The largest absolute Gasteiger partial charge is 0.260 e. The molecule has 2 heteroatoms. The van der Waals surface area contributed by atoms with Gasteiger partial charge >= 0.3 is 0 Å². The minimum absolute atomic E-state index is 0.327. The number of hydrogen-bond donors (Lipinski definition) is 0. The third-order valence-corrected chi connectivity index (χ3v) is 3.20. The van der Waals surface area contributed by atoms with E-state index in [1.165, 1.54) is 0 Å². The molecule has 2 aliphatic carbocycles. The summed E-state index contributed by atoms with van der Waals surface area (Å²) in [5.74, 6) is 0.655. The first kappa shape index (κ1) is 12.5. The Morgan fingerprint density at radius 2 is 0.950 bits per heavy atom. The highest BCUT2D eigenvalue weighted by Gasteiger charge is 2.00. The Balaban J connectivity index is 1.62. The van der Waals surface area contributed by atoms with Crippen molar-refractivity contribution in [1.82, 2.24) is 0 Å². The number of rotatable bonds is 4. The molecule has 0 N–H and O–H groups in total. The van der Waals surface area contributed by atoms with Crippen molar-refractivity contribution in [3.05, 3.63) is 72.9 Å². The Labute approximate surface area is 119 Å². The quantitative estimate of drug-likeness (QED) is 0.708. The van der Waals surface area contributed by atoms with Gasteiger partial charge in [0.2, 0.25) is 0 Å². The van der Waals surface area contributed by atoms with Gasteiger partial charge in [-0.1, -0.05) is 48.6 Å². The average molecular weight is 260 g/mol. The molecule has 1 aromatic rings. The van der Waals surface area contributed by atoms with Gasteiger partial charge in [-0.05, 0) is 24.3 Å². The molecule has 0 radical (unpaired) electrons. The Kier molecular flexibility index (Phi) is 3.83. The molecule has 2 nitrogen and oxygen atoms in total. The molecule has 0 fully saturated rings. The number of allylic oxidation sites excluding steroid dienone is 8. The molecule has 2 aliphatic rings. The number of nitrogens with zero attached hydrogens (tertiary/aromatic N) is 2. The summed E-state index contributed by atoms with van der Waals surface area (Å²) in [5.41, 5.74) is 1.91. The van der Waals surface area contributed by atoms with Gasteiger partial charge in [-0.3, -0.25) is 9.98 Å². The van der Waals surface area contributed by atoms with E-state index in [4.69, 9.17) is 0 Å². The van der Waals surface area contributed by atoms with Crippen LogP contribution in [0.4, 0.5) is 11.4 Å². The van der Waals surface area contributed by atoms with Crippen LogP contribution in [0.3, 0.4) is 0 Å². The van der Waals surface area contributed by atoms with E-state index in [9.17, 15) is 0 Å². The zero-order valence-corrected chi connectivity index (χ0v) is 11.1. The van der Waals surface area contributed by atoms with Gasteiger partial charge in [-0.15, -0.1) is 0 Å². The molecule has 3 rings (SSSR count). The number of benzene rings is 1. The molecule has 0 unspecified atom stereocenters. The summed E-state index contributed by atoms with van der Waals surface area (Å²) in [5, 5.41) is 0.